The number of pyridine rings is 1. The fourth-order valence-electron chi connectivity index (χ4n) is 2.78. The van der Waals surface area contributed by atoms with Crippen LogP contribution in [0.3, 0.4) is 0 Å². The van der Waals surface area contributed by atoms with Crippen LogP contribution >= 0.6 is 0 Å². The van der Waals surface area contributed by atoms with Crippen molar-refractivity contribution >= 4 is 5.91 Å². The number of carbonyl (C=O) groups excluding carboxylic acids is 1. The fourth-order valence-corrected chi connectivity index (χ4v) is 2.78. The monoisotopic (exact) mass is 358 g/mol. The second-order valence-corrected chi connectivity index (χ2v) is 6.47. The third kappa shape index (κ3) is 4.30. The number of hydrogen-bond donors (Lipinski definition) is 1. The van der Waals surface area contributed by atoms with Gasteiger partial charge in [-0.2, -0.15) is 0 Å². The first-order valence-corrected chi connectivity index (χ1v) is 8.41. The molecule has 1 atom stereocenters. The summed E-state index contributed by atoms with van der Waals surface area (Å²) in [4.78, 5) is 26.0. The molecule has 1 amide bonds. The van der Waals surface area contributed by atoms with E-state index in [1.807, 2.05) is 18.2 Å². The number of aromatic nitrogens is 1. The maximum atomic E-state index is 12.7. The Morgan fingerprint density at radius 1 is 1.31 bits per heavy atom. The molecule has 0 aliphatic carbocycles. The Morgan fingerprint density at radius 3 is 2.81 bits per heavy atom. The molecule has 0 saturated carbocycles. The smallest absolute Gasteiger partial charge is 0.254 e. The van der Waals surface area contributed by atoms with Crippen LogP contribution in [0.15, 0.2) is 53.5 Å². The van der Waals surface area contributed by atoms with Crippen molar-refractivity contribution in [2.75, 3.05) is 32.9 Å². The van der Waals surface area contributed by atoms with E-state index in [0.29, 0.717) is 24.5 Å². The molecular formula is C19H22N2O5. The van der Waals surface area contributed by atoms with Gasteiger partial charge in [0, 0.05) is 31.4 Å². The number of hydrogen-bond acceptors (Lipinski definition) is 5. The molecule has 138 valence electrons. The first kappa shape index (κ1) is 18.2. The van der Waals surface area contributed by atoms with Gasteiger partial charge in [0.25, 0.3) is 11.5 Å². The first-order chi connectivity index (χ1) is 12.5. The predicted octanol–water partition coefficient (Wildman–Crippen LogP) is 0.668. The molecule has 1 aromatic carbocycles. The Hall–Kier alpha value is -2.64. The number of aryl methyl sites for hydroxylation is 1. The molecule has 0 bridgehead atoms. The normalized spacial score (nSPS) is 20.5. The second-order valence-electron chi connectivity index (χ2n) is 6.47. The number of para-hydroxylation sites is 1. The molecule has 1 saturated heterocycles. The molecule has 1 N–H and O–H groups in total. The summed E-state index contributed by atoms with van der Waals surface area (Å²) in [5.41, 5.74) is -1.30. The number of carbonyl (C=O) groups is 1. The lowest BCUT2D eigenvalue weighted by molar-refractivity contribution is -0.0621. The van der Waals surface area contributed by atoms with E-state index in [1.165, 1.54) is 15.5 Å². The molecule has 1 aromatic heterocycles. The molecule has 7 heteroatoms. The van der Waals surface area contributed by atoms with Crippen LogP contribution in [0, 0.1) is 0 Å². The van der Waals surface area contributed by atoms with Gasteiger partial charge in [-0.05, 0) is 18.2 Å². The highest BCUT2D eigenvalue weighted by atomic mass is 16.5. The lowest BCUT2D eigenvalue weighted by Crippen LogP contribution is -2.50. The summed E-state index contributed by atoms with van der Waals surface area (Å²) in [6.45, 7) is 0.775. The maximum Gasteiger partial charge on any atom is 0.254 e. The van der Waals surface area contributed by atoms with Crippen molar-refractivity contribution in [1.29, 1.82) is 0 Å². The van der Waals surface area contributed by atoms with E-state index in [9.17, 15) is 14.7 Å². The number of aliphatic hydroxyl groups is 1. The maximum absolute atomic E-state index is 12.7. The SMILES string of the molecule is Cn1ccc(C(=O)N2CCOC[C@@](O)(COc3ccccc3)C2)cc1=O. The minimum Gasteiger partial charge on any atom is -0.490 e. The van der Waals surface area contributed by atoms with Gasteiger partial charge in [-0.1, -0.05) is 18.2 Å². The second kappa shape index (κ2) is 7.72. The quantitative estimate of drug-likeness (QED) is 0.869. The zero-order chi connectivity index (χ0) is 18.6. The number of β-amino-alcohol motifs (C(OH)–C–C–N with tert-alkyl or cyclic N) is 1. The van der Waals surface area contributed by atoms with Gasteiger partial charge < -0.3 is 24.0 Å². The molecule has 0 unspecified atom stereocenters. The predicted molar refractivity (Wildman–Crippen MR) is 95.3 cm³/mol. The van der Waals surface area contributed by atoms with Crippen molar-refractivity contribution < 1.29 is 19.4 Å². The summed E-state index contributed by atoms with van der Waals surface area (Å²) in [6, 6.07) is 12.0. The van der Waals surface area contributed by atoms with Gasteiger partial charge >= 0.3 is 0 Å². The summed E-state index contributed by atoms with van der Waals surface area (Å²) in [5, 5.41) is 10.9. The summed E-state index contributed by atoms with van der Waals surface area (Å²) in [7, 11) is 1.62. The van der Waals surface area contributed by atoms with Crippen molar-refractivity contribution in [3.8, 4) is 5.75 Å². The van der Waals surface area contributed by atoms with Crippen LogP contribution in [-0.2, 0) is 11.8 Å². The third-order valence-corrected chi connectivity index (χ3v) is 4.25. The molecule has 2 heterocycles. The van der Waals surface area contributed by atoms with Gasteiger partial charge in [-0.15, -0.1) is 0 Å². The van der Waals surface area contributed by atoms with Crippen LogP contribution in [0.5, 0.6) is 5.75 Å². The van der Waals surface area contributed by atoms with E-state index in [1.54, 1.807) is 31.4 Å². The van der Waals surface area contributed by atoms with Crippen molar-refractivity contribution in [2.45, 2.75) is 5.60 Å². The number of benzene rings is 1. The average Bonchev–Trinajstić information content (AvgIpc) is 2.85. The van der Waals surface area contributed by atoms with Gasteiger partial charge in [0.1, 0.15) is 18.0 Å². The van der Waals surface area contributed by atoms with Crippen molar-refractivity contribution in [3.05, 3.63) is 64.6 Å². The molecule has 7 nitrogen and oxygen atoms in total. The number of amides is 1. The summed E-state index contributed by atoms with van der Waals surface area (Å²) >= 11 is 0. The van der Waals surface area contributed by atoms with Crippen molar-refractivity contribution in [3.63, 3.8) is 0 Å². The van der Waals surface area contributed by atoms with E-state index >= 15 is 0 Å². The molecular weight excluding hydrogens is 336 g/mol. The van der Waals surface area contributed by atoms with Crippen LogP contribution in [0.4, 0.5) is 0 Å². The van der Waals surface area contributed by atoms with Crippen LogP contribution in [-0.4, -0.2) is 59.0 Å². The van der Waals surface area contributed by atoms with Crippen molar-refractivity contribution in [1.82, 2.24) is 9.47 Å². The van der Waals surface area contributed by atoms with Gasteiger partial charge in [0.15, 0.2) is 0 Å². The Kier molecular flexibility index (Phi) is 5.39. The van der Waals surface area contributed by atoms with Gasteiger partial charge in [-0.3, -0.25) is 9.59 Å². The van der Waals surface area contributed by atoms with E-state index in [2.05, 4.69) is 0 Å². The zero-order valence-corrected chi connectivity index (χ0v) is 14.6. The van der Waals surface area contributed by atoms with Crippen LogP contribution < -0.4 is 10.3 Å². The Labute approximate surface area is 151 Å². The van der Waals surface area contributed by atoms with Crippen LogP contribution in [0.1, 0.15) is 10.4 Å². The van der Waals surface area contributed by atoms with E-state index in [-0.39, 0.29) is 31.2 Å². The number of nitrogens with zero attached hydrogens (tertiary/aromatic N) is 2. The topological polar surface area (TPSA) is 81.0 Å². The highest BCUT2D eigenvalue weighted by molar-refractivity contribution is 5.94. The largest absolute Gasteiger partial charge is 0.490 e. The highest BCUT2D eigenvalue weighted by Gasteiger charge is 2.35. The Balaban J connectivity index is 1.72. The van der Waals surface area contributed by atoms with Gasteiger partial charge in [-0.25, -0.2) is 0 Å². The molecule has 1 aliphatic rings. The first-order valence-electron chi connectivity index (χ1n) is 8.41. The molecule has 3 rings (SSSR count). The molecule has 1 aliphatic heterocycles. The fraction of sp³-hybridized carbons (Fsp3) is 0.368. The summed E-state index contributed by atoms with van der Waals surface area (Å²) < 4.78 is 12.5. The molecule has 1 fully saturated rings. The summed E-state index contributed by atoms with van der Waals surface area (Å²) in [6.07, 6.45) is 1.55. The van der Waals surface area contributed by atoms with Gasteiger partial charge in [0.05, 0.1) is 19.8 Å². The van der Waals surface area contributed by atoms with E-state index in [0.717, 1.165) is 0 Å². The summed E-state index contributed by atoms with van der Waals surface area (Å²) in [5.74, 6) is 0.320. The molecule has 26 heavy (non-hydrogen) atoms. The third-order valence-electron chi connectivity index (χ3n) is 4.25. The lowest BCUT2D eigenvalue weighted by Gasteiger charge is -2.30. The van der Waals surface area contributed by atoms with Gasteiger partial charge in [0.2, 0.25) is 0 Å². The minimum absolute atomic E-state index is 0.00263. The Morgan fingerprint density at radius 2 is 2.08 bits per heavy atom. The van der Waals surface area contributed by atoms with Crippen LogP contribution in [0.25, 0.3) is 0 Å². The average molecular weight is 358 g/mol. The molecule has 0 radical (unpaired) electrons. The zero-order valence-electron chi connectivity index (χ0n) is 14.6. The van der Waals surface area contributed by atoms with Crippen molar-refractivity contribution in [2.24, 2.45) is 7.05 Å². The number of rotatable bonds is 4. The van der Waals surface area contributed by atoms with E-state index < -0.39 is 5.60 Å². The lowest BCUT2D eigenvalue weighted by atomic mass is 10.1. The molecule has 2 aromatic rings. The highest BCUT2D eigenvalue weighted by Crippen LogP contribution is 2.18. The standard InChI is InChI=1S/C19H22N2O5/c1-20-8-7-15(11-17(20)22)18(23)21-9-10-25-13-19(24,12-21)14-26-16-5-3-2-4-6-16/h2-8,11,24H,9-10,12-14H2,1H3/t19-/m1/s1. The number of ether oxygens (including phenoxy) is 2. The van der Waals surface area contributed by atoms with Crippen LogP contribution in [0.2, 0.25) is 0 Å². The molecule has 0 spiro atoms. The van der Waals surface area contributed by atoms with E-state index in [4.69, 9.17) is 9.47 Å². The Bertz CT molecular complexity index is 820. The minimum atomic E-state index is -1.33.